The zero-order chi connectivity index (χ0) is 16.2. The van der Waals surface area contributed by atoms with Gasteiger partial charge in [-0.1, -0.05) is 23.8 Å². The quantitative estimate of drug-likeness (QED) is 0.718. The van der Waals surface area contributed by atoms with E-state index in [2.05, 4.69) is 48.4 Å². The van der Waals surface area contributed by atoms with Gasteiger partial charge in [0.1, 0.15) is 5.75 Å². The molecule has 2 aromatic carbocycles. The summed E-state index contributed by atoms with van der Waals surface area (Å²) in [6, 6.07) is 14.8. The molecule has 1 aromatic heterocycles. The average molecular weight is 308 g/mol. The van der Waals surface area contributed by atoms with Crippen LogP contribution < -0.4 is 10.5 Å². The number of H-pyrrole nitrogens is 1. The standard InChI is InChI=1S/C20H24N2O/c1-3-23-17-6-4-5-15(11-17)10-16(12-21)19-13-22-20-8-7-14(2)9-18(19)20/h4-9,11,13,16,22H,3,10,12,21H2,1-2H3. The van der Waals surface area contributed by atoms with Crippen molar-refractivity contribution in [3.63, 3.8) is 0 Å². The molecule has 1 atom stereocenters. The van der Waals surface area contributed by atoms with E-state index in [9.17, 15) is 0 Å². The molecule has 0 saturated heterocycles. The fraction of sp³-hybridized carbons (Fsp3) is 0.300. The molecule has 23 heavy (non-hydrogen) atoms. The van der Waals surface area contributed by atoms with Gasteiger partial charge in [0.25, 0.3) is 0 Å². The molecular formula is C20H24N2O. The molecule has 1 heterocycles. The first-order valence-corrected chi connectivity index (χ1v) is 8.20. The summed E-state index contributed by atoms with van der Waals surface area (Å²) >= 11 is 0. The molecule has 0 radical (unpaired) electrons. The van der Waals surface area contributed by atoms with Gasteiger partial charge in [-0.25, -0.2) is 0 Å². The number of rotatable bonds is 6. The van der Waals surface area contributed by atoms with Gasteiger partial charge in [-0.2, -0.15) is 0 Å². The topological polar surface area (TPSA) is 51.0 Å². The second-order valence-corrected chi connectivity index (χ2v) is 6.01. The first-order chi connectivity index (χ1) is 11.2. The Hall–Kier alpha value is -2.26. The maximum Gasteiger partial charge on any atom is 0.119 e. The molecule has 1 unspecified atom stereocenters. The molecule has 0 spiro atoms. The Morgan fingerprint density at radius 3 is 2.83 bits per heavy atom. The fourth-order valence-corrected chi connectivity index (χ4v) is 3.13. The molecule has 0 aliphatic carbocycles. The third-order valence-corrected chi connectivity index (χ3v) is 4.29. The highest BCUT2D eigenvalue weighted by molar-refractivity contribution is 5.84. The van der Waals surface area contributed by atoms with Crippen molar-refractivity contribution in [2.75, 3.05) is 13.2 Å². The van der Waals surface area contributed by atoms with Gasteiger partial charge in [0, 0.05) is 23.0 Å². The largest absolute Gasteiger partial charge is 0.494 e. The summed E-state index contributed by atoms with van der Waals surface area (Å²) in [5.41, 5.74) is 11.1. The van der Waals surface area contributed by atoms with Crippen LogP contribution in [0.3, 0.4) is 0 Å². The van der Waals surface area contributed by atoms with Gasteiger partial charge in [0.05, 0.1) is 6.61 Å². The molecule has 3 N–H and O–H groups in total. The van der Waals surface area contributed by atoms with Gasteiger partial charge in [0.2, 0.25) is 0 Å². The van der Waals surface area contributed by atoms with E-state index in [1.807, 2.05) is 19.1 Å². The minimum absolute atomic E-state index is 0.294. The van der Waals surface area contributed by atoms with Crippen molar-refractivity contribution >= 4 is 10.9 Å². The van der Waals surface area contributed by atoms with Crippen molar-refractivity contribution in [1.29, 1.82) is 0 Å². The lowest BCUT2D eigenvalue weighted by Crippen LogP contribution is -2.14. The number of aromatic nitrogens is 1. The lowest BCUT2D eigenvalue weighted by atomic mass is 9.91. The Kier molecular flexibility index (Phi) is 4.68. The lowest BCUT2D eigenvalue weighted by Gasteiger charge is -2.15. The predicted octanol–water partition coefficient (Wildman–Crippen LogP) is 4.16. The zero-order valence-corrected chi connectivity index (χ0v) is 13.8. The molecule has 3 rings (SSSR count). The van der Waals surface area contributed by atoms with E-state index in [-0.39, 0.29) is 0 Å². The minimum atomic E-state index is 0.294. The van der Waals surface area contributed by atoms with E-state index >= 15 is 0 Å². The molecule has 0 amide bonds. The molecule has 0 fully saturated rings. The molecule has 120 valence electrons. The summed E-state index contributed by atoms with van der Waals surface area (Å²) in [6.07, 6.45) is 3.02. The van der Waals surface area contributed by atoms with E-state index in [0.717, 1.165) is 12.2 Å². The number of benzene rings is 2. The summed E-state index contributed by atoms with van der Waals surface area (Å²) in [7, 11) is 0. The van der Waals surface area contributed by atoms with E-state index in [0.29, 0.717) is 19.1 Å². The lowest BCUT2D eigenvalue weighted by molar-refractivity contribution is 0.340. The monoisotopic (exact) mass is 308 g/mol. The molecule has 3 heteroatoms. The number of aryl methyl sites for hydroxylation is 1. The van der Waals surface area contributed by atoms with E-state index in [1.54, 1.807) is 0 Å². The van der Waals surface area contributed by atoms with Crippen molar-refractivity contribution in [2.24, 2.45) is 5.73 Å². The normalized spacial score (nSPS) is 12.5. The zero-order valence-electron chi connectivity index (χ0n) is 13.8. The molecular weight excluding hydrogens is 284 g/mol. The molecule has 0 aliphatic rings. The highest BCUT2D eigenvalue weighted by Crippen LogP contribution is 2.29. The Balaban J connectivity index is 1.90. The molecule has 0 aliphatic heterocycles. The van der Waals surface area contributed by atoms with Crippen LogP contribution in [0.5, 0.6) is 5.75 Å². The maximum atomic E-state index is 6.09. The van der Waals surface area contributed by atoms with Crippen molar-refractivity contribution in [3.8, 4) is 5.75 Å². The SMILES string of the molecule is CCOc1cccc(CC(CN)c2c[nH]c3ccc(C)cc23)c1. The number of fused-ring (bicyclic) bond motifs is 1. The third kappa shape index (κ3) is 3.40. The first-order valence-electron chi connectivity index (χ1n) is 8.20. The smallest absolute Gasteiger partial charge is 0.119 e. The average Bonchev–Trinajstić information content (AvgIpc) is 2.96. The number of ether oxygens (including phenoxy) is 1. The van der Waals surface area contributed by atoms with Gasteiger partial charge in [-0.05, 0) is 62.2 Å². The van der Waals surface area contributed by atoms with Crippen molar-refractivity contribution in [3.05, 3.63) is 65.4 Å². The Morgan fingerprint density at radius 1 is 1.17 bits per heavy atom. The van der Waals surface area contributed by atoms with Crippen LogP contribution in [0.15, 0.2) is 48.7 Å². The second kappa shape index (κ2) is 6.88. The number of nitrogens with two attached hydrogens (primary N) is 1. The number of hydrogen-bond donors (Lipinski definition) is 2. The van der Waals surface area contributed by atoms with Gasteiger partial charge >= 0.3 is 0 Å². The summed E-state index contributed by atoms with van der Waals surface area (Å²) in [6.45, 7) is 5.44. The van der Waals surface area contributed by atoms with Crippen LogP contribution in [0.2, 0.25) is 0 Å². The maximum absolute atomic E-state index is 6.09. The van der Waals surface area contributed by atoms with Gasteiger partial charge < -0.3 is 15.5 Å². The van der Waals surface area contributed by atoms with Crippen LogP contribution in [-0.2, 0) is 6.42 Å². The molecule has 0 bridgehead atoms. The number of hydrogen-bond acceptors (Lipinski definition) is 2. The van der Waals surface area contributed by atoms with Gasteiger partial charge in [-0.15, -0.1) is 0 Å². The third-order valence-electron chi connectivity index (χ3n) is 4.29. The summed E-state index contributed by atoms with van der Waals surface area (Å²) in [4.78, 5) is 3.37. The Morgan fingerprint density at radius 2 is 2.04 bits per heavy atom. The molecule has 3 aromatic rings. The van der Waals surface area contributed by atoms with Crippen molar-refractivity contribution in [1.82, 2.24) is 4.98 Å². The van der Waals surface area contributed by atoms with Crippen LogP contribution in [0.4, 0.5) is 0 Å². The fourth-order valence-electron chi connectivity index (χ4n) is 3.13. The highest BCUT2D eigenvalue weighted by Gasteiger charge is 2.15. The molecule has 0 saturated carbocycles. The summed E-state index contributed by atoms with van der Waals surface area (Å²) in [5.74, 6) is 1.22. The minimum Gasteiger partial charge on any atom is -0.494 e. The van der Waals surface area contributed by atoms with Crippen molar-refractivity contribution < 1.29 is 4.74 Å². The second-order valence-electron chi connectivity index (χ2n) is 6.01. The first kappa shape index (κ1) is 15.6. The van der Waals surface area contributed by atoms with E-state index in [1.165, 1.54) is 27.6 Å². The Labute approximate surface area is 137 Å². The van der Waals surface area contributed by atoms with Crippen LogP contribution in [-0.4, -0.2) is 18.1 Å². The van der Waals surface area contributed by atoms with E-state index in [4.69, 9.17) is 10.5 Å². The predicted molar refractivity (Wildman–Crippen MR) is 96.1 cm³/mol. The summed E-state index contributed by atoms with van der Waals surface area (Å²) < 4.78 is 5.60. The van der Waals surface area contributed by atoms with Crippen molar-refractivity contribution in [2.45, 2.75) is 26.2 Å². The van der Waals surface area contributed by atoms with Gasteiger partial charge in [-0.3, -0.25) is 0 Å². The van der Waals surface area contributed by atoms with Gasteiger partial charge in [0.15, 0.2) is 0 Å². The number of aromatic amines is 1. The Bertz CT molecular complexity index is 791. The number of nitrogens with one attached hydrogen (secondary N) is 1. The highest BCUT2D eigenvalue weighted by atomic mass is 16.5. The van der Waals surface area contributed by atoms with Crippen LogP contribution >= 0.6 is 0 Å². The van der Waals surface area contributed by atoms with Crippen LogP contribution in [0.25, 0.3) is 10.9 Å². The summed E-state index contributed by atoms with van der Waals surface area (Å²) in [5, 5.41) is 1.28. The van der Waals surface area contributed by atoms with Crippen LogP contribution in [0, 0.1) is 6.92 Å². The van der Waals surface area contributed by atoms with E-state index < -0.39 is 0 Å². The van der Waals surface area contributed by atoms with Crippen LogP contribution in [0.1, 0.15) is 29.5 Å². The molecule has 3 nitrogen and oxygen atoms in total.